The predicted octanol–water partition coefficient (Wildman–Crippen LogP) is 4.42. The van der Waals surface area contributed by atoms with Crippen LogP contribution in [0.5, 0.6) is 0 Å². The van der Waals surface area contributed by atoms with Crippen LogP contribution in [0.1, 0.15) is 24.0 Å². The predicted molar refractivity (Wildman–Crippen MR) is 101 cm³/mol. The zero-order valence-corrected chi connectivity index (χ0v) is 15.3. The molecule has 0 saturated heterocycles. The lowest BCUT2D eigenvalue weighted by atomic mass is 10.1. The molecule has 0 bridgehead atoms. The van der Waals surface area contributed by atoms with Crippen molar-refractivity contribution in [1.29, 1.82) is 0 Å². The van der Waals surface area contributed by atoms with Gasteiger partial charge in [-0.3, -0.25) is 4.79 Å². The molecule has 7 heteroatoms. The Balaban J connectivity index is 1.52. The van der Waals surface area contributed by atoms with Crippen LogP contribution >= 0.6 is 15.9 Å². The van der Waals surface area contributed by atoms with Gasteiger partial charge in [0.05, 0.1) is 19.1 Å². The van der Waals surface area contributed by atoms with Crippen molar-refractivity contribution in [3.63, 3.8) is 0 Å². The Morgan fingerprint density at radius 3 is 2.62 bits per heavy atom. The van der Waals surface area contributed by atoms with Crippen molar-refractivity contribution in [3.8, 4) is 0 Å². The number of nitrogens with zero attached hydrogens (tertiary/aromatic N) is 2. The number of nitrogens with one attached hydrogen (secondary N) is 1. The van der Waals surface area contributed by atoms with Crippen molar-refractivity contribution in [1.82, 2.24) is 5.01 Å². The summed E-state index contributed by atoms with van der Waals surface area (Å²) in [5.41, 5.74) is 1.60. The molecule has 3 heterocycles. The largest absolute Gasteiger partial charge is 0.467 e. The summed E-state index contributed by atoms with van der Waals surface area (Å²) in [6.45, 7) is 0.133. The lowest BCUT2D eigenvalue weighted by molar-refractivity contribution is -0.131. The van der Waals surface area contributed by atoms with Crippen LogP contribution in [0.4, 0.5) is 5.69 Å². The first-order valence-electron chi connectivity index (χ1n) is 8.17. The number of carbonyl (C=O) groups is 1. The Bertz CT molecular complexity index is 902. The van der Waals surface area contributed by atoms with Gasteiger partial charge in [-0.05, 0) is 48.5 Å². The summed E-state index contributed by atoms with van der Waals surface area (Å²) in [5.74, 6) is 1.22. The Hall–Kier alpha value is -2.80. The average molecular weight is 414 g/mol. The van der Waals surface area contributed by atoms with Gasteiger partial charge in [-0.1, -0.05) is 15.9 Å². The van der Waals surface area contributed by atoms with Gasteiger partial charge in [0.15, 0.2) is 0 Å². The Kier molecular flexibility index (Phi) is 4.62. The first-order chi connectivity index (χ1) is 12.7. The van der Waals surface area contributed by atoms with Crippen LogP contribution in [0.2, 0.25) is 0 Å². The van der Waals surface area contributed by atoms with E-state index in [1.165, 1.54) is 5.01 Å². The van der Waals surface area contributed by atoms with Crippen LogP contribution in [0.25, 0.3) is 0 Å². The summed E-state index contributed by atoms with van der Waals surface area (Å²) in [6, 6.07) is 14.7. The van der Waals surface area contributed by atoms with Gasteiger partial charge in [0.25, 0.3) is 5.91 Å². The minimum absolute atomic E-state index is 0.133. The summed E-state index contributed by atoms with van der Waals surface area (Å²) in [5, 5.41) is 9.10. The first-order valence-corrected chi connectivity index (χ1v) is 8.96. The Morgan fingerprint density at radius 2 is 1.92 bits per heavy atom. The van der Waals surface area contributed by atoms with Gasteiger partial charge in [0, 0.05) is 16.6 Å². The first kappa shape index (κ1) is 16.7. The van der Waals surface area contributed by atoms with E-state index >= 15 is 0 Å². The van der Waals surface area contributed by atoms with E-state index < -0.39 is 0 Å². The van der Waals surface area contributed by atoms with Gasteiger partial charge in [-0.15, -0.1) is 0 Å². The highest BCUT2D eigenvalue weighted by atomic mass is 79.9. The topological polar surface area (TPSA) is 71.0 Å². The average Bonchev–Trinajstić information content (AvgIpc) is 3.41. The molecule has 1 N–H and O–H groups in total. The fraction of sp³-hybridized carbons (Fsp3) is 0.158. The number of benzene rings is 1. The molecular formula is C19H16BrN3O3. The number of halogens is 1. The number of furan rings is 2. The van der Waals surface area contributed by atoms with Crippen LogP contribution < -0.4 is 5.32 Å². The van der Waals surface area contributed by atoms with Crippen molar-refractivity contribution in [2.24, 2.45) is 5.10 Å². The summed E-state index contributed by atoms with van der Waals surface area (Å²) >= 11 is 3.39. The monoisotopic (exact) mass is 413 g/mol. The van der Waals surface area contributed by atoms with Crippen molar-refractivity contribution in [2.75, 3.05) is 11.9 Å². The van der Waals surface area contributed by atoms with Gasteiger partial charge >= 0.3 is 0 Å². The third-order valence-electron chi connectivity index (χ3n) is 4.13. The molecule has 132 valence electrons. The number of hydrogen-bond acceptors (Lipinski definition) is 5. The van der Waals surface area contributed by atoms with E-state index in [4.69, 9.17) is 8.83 Å². The van der Waals surface area contributed by atoms with Crippen LogP contribution in [0.3, 0.4) is 0 Å². The lowest BCUT2D eigenvalue weighted by Gasteiger charge is -2.20. The van der Waals surface area contributed by atoms with E-state index in [9.17, 15) is 4.79 Å². The maximum atomic E-state index is 12.8. The number of hydrogen-bond donors (Lipinski definition) is 1. The number of hydrazone groups is 1. The molecule has 4 rings (SSSR count). The molecule has 0 aliphatic carbocycles. The molecule has 1 aliphatic rings. The minimum Gasteiger partial charge on any atom is -0.467 e. The van der Waals surface area contributed by atoms with Crippen LogP contribution in [-0.2, 0) is 4.79 Å². The van der Waals surface area contributed by atoms with E-state index in [-0.39, 0.29) is 18.5 Å². The highest BCUT2D eigenvalue weighted by molar-refractivity contribution is 9.10. The second-order valence-electron chi connectivity index (χ2n) is 5.86. The maximum absolute atomic E-state index is 12.8. The molecule has 2 aromatic heterocycles. The molecule has 1 atom stereocenters. The fourth-order valence-corrected chi connectivity index (χ4v) is 3.13. The molecule has 0 spiro atoms. The molecule has 0 saturated carbocycles. The van der Waals surface area contributed by atoms with E-state index in [2.05, 4.69) is 26.3 Å². The van der Waals surface area contributed by atoms with E-state index in [0.717, 1.165) is 15.9 Å². The quantitative estimate of drug-likeness (QED) is 0.671. The molecule has 1 aromatic carbocycles. The second-order valence-corrected chi connectivity index (χ2v) is 6.77. The van der Waals surface area contributed by atoms with E-state index in [1.807, 2.05) is 42.5 Å². The Labute approximate surface area is 158 Å². The van der Waals surface area contributed by atoms with Crippen molar-refractivity contribution in [3.05, 3.63) is 77.1 Å². The summed E-state index contributed by atoms with van der Waals surface area (Å²) in [7, 11) is 0. The summed E-state index contributed by atoms with van der Waals surface area (Å²) < 4.78 is 11.9. The molecule has 0 fully saturated rings. The van der Waals surface area contributed by atoms with Crippen LogP contribution in [0, 0.1) is 0 Å². The maximum Gasteiger partial charge on any atom is 0.262 e. The number of carbonyl (C=O) groups excluding carboxylic acids is 1. The van der Waals surface area contributed by atoms with Crippen LogP contribution in [-0.4, -0.2) is 23.2 Å². The molecule has 0 unspecified atom stereocenters. The second kappa shape index (κ2) is 7.21. The zero-order valence-electron chi connectivity index (χ0n) is 13.8. The number of amides is 1. The summed E-state index contributed by atoms with van der Waals surface area (Å²) in [6.07, 6.45) is 3.74. The third-order valence-corrected chi connectivity index (χ3v) is 4.66. The van der Waals surface area contributed by atoms with Gasteiger partial charge in [-0.25, -0.2) is 5.01 Å². The molecular weight excluding hydrogens is 398 g/mol. The fourth-order valence-electron chi connectivity index (χ4n) is 2.86. The van der Waals surface area contributed by atoms with Gasteiger partial charge in [0.2, 0.25) is 0 Å². The molecule has 3 aromatic rings. The van der Waals surface area contributed by atoms with Crippen molar-refractivity contribution < 1.29 is 13.6 Å². The zero-order chi connectivity index (χ0) is 17.9. The highest BCUT2D eigenvalue weighted by Crippen LogP contribution is 2.33. The molecule has 1 amide bonds. The Morgan fingerprint density at radius 1 is 1.15 bits per heavy atom. The molecule has 0 radical (unpaired) electrons. The molecule has 26 heavy (non-hydrogen) atoms. The lowest BCUT2D eigenvalue weighted by Crippen LogP contribution is -2.32. The van der Waals surface area contributed by atoms with E-state index in [1.54, 1.807) is 18.6 Å². The molecule has 6 nitrogen and oxygen atoms in total. The normalized spacial score (nSPS) is 16.6. The van der Waals surface area contributed by atoms with Crippen LogP contribution in [0.15, 0.2) is 79.5 Å². The minimum atomic E-state index is -0.274. The van der Waals surface area contributed by atoms with Gasteiger partial charge in [-0.2, -0.15) is 5.10 Å². The van der Waals surface area contributed by atoms with Crippen molar-refractivity contribution >= 4 is 33.2 Å². The van der Waals surface area contributed by atoms with Gasteiger partial charge in [0.1, 0.15) is 23.3 Å². The highest BCUT2D eigenvalue weighted by Gasteiger charge is 2.35. The number of anilines is 1. The molecule has 1 aliphatic heterocycles. The van der Waals surface area contributed by atoms with Crippen molar-refractivity contribution in [2.45, 2.75) is 12.5 Å². The van der Waals surface area contributed by atoms with Gasteiger partial charge < -0.3 is 14.2 Å². The van der Waals surface area contributed by atoms with E-state index in [0.29, 0.717) is 17.9 Å². The smallest absolute Gasteiger partial charge is 0.262 e. The summed E-state index contributed by atoms with van der Waals surface area (Å²) in [4.78, 5) is 12.8. The SMILES string of the molecule is O=C(CNc1ccc(Br)cc1)N1N=C(c2ccco2)C[C@H]1c1ccco1. The third kappa shape index (κ3) is 3.43. The standard InChI is InChI=1S/C19H16BrN3O3/c20-13-5-7-14(8-6-13)21-12-19(24)23-16(18-4-2-10-26-18)11-15(22-23)17-3-1-9-25-17/h1-10,16,21H,11-12H2/t16-/m0/s1. The number of rotatable bonds is 5.